The number of nitrogens with zero attached hydrogens (tertiary/aromatic N) is 1. The predicted molar refractivity (Wildman–Crippen MR) is 76.9 cm³/mol. The summed E-state index contributed by atoms with van der Waals surface area (Å²) in [5.74, 6) is 0.293. The second kappa shape index (κ2) is 6.56. The van der Waals surface area contributed by atoms with Crippen LogP contribution < -0.4 is 16.0 Å². The molecule has 0 spiro atoms. The van der Waals surface area contributed by atoms with E-state index in [-0.39, 0.29) is 23.6 Å². The molecule has 0 aliphatic carbocycles. The molecule has 2 rings (SSSR count). The minimum Gasteiger partial charge on any atom is -0.370 e. The first-order valence-corrected chi connectivity index (χ1v) is 6.96. The fourth-order valence-electron chi connectivity index (χ4n) is 2.01. The average Bonchev–Trinajstić information content (AvgIpc) is 2.84. The molecule has 1 aromatic heterocycles. The molecule has 108 valence electrons. The maximum absolute atomic E-state index is 12.1. The lowest BCUT2D eigenvalue weighted by molar-refractivity contribution is -0.119. The molecule has 1 aromatic rings. The molecule has 1 fully saturated rings. The van der Waals surface area contributed by atoms with Crippen LogP contribution in [0.3, 0.4) is 0 Å². The molecule has 0 radical (unpaired) electrons. The minimum atomic E-state index is -0.337. The Bertz CT molecular complexity index is 521. The molecule has 6 nitrogen and oxygen atoms in total. The molecule has 1 aliphatic heterocycles. The van der Waals surface area contributed by atoms with Crippen molar-refractivity contribution in [1.82, 2.24) is 15.6 Å². The zero-order chi connectivity index (χ0) is 14.5. The number of hydrogen-bond donors (Lipinski definition) is 3. The number of carbonyl (C=O) groups excluding carboxylic acids is 2. The summed E-state index contributed by atoms with van der Waals surface area (Å²) in [5, 5.41) is 8.86. The van der Waals surface area contributed by atoms with Gasteiger partial charge in [0, 0.05) is 25.6 Å². The lowest BCUT2D eigenvalue weighted by atomic mass is 10.2. The van der Waals surface area contributed by atoms with Crippen LogP contribution in [0.2, 0.25) is 5.02 Å². The third kappa shape index (κ3) is 3.60. The smallest absolute Gasteiger partial charge is 0.271 e. The van der Waals surface area contributed by atoms with Crippen LogP contribution in [0, 0.1) is 0 Å². The fraction of sp³-hybridized carbons (Fsp3) is 0.462. The van der Waals surface area contributed by atoms with Crippen molar-refractivity contribution in [3.05, 3.63) is 22.8 Å². The fourth-order valence-corrected chi connectivity index (χ4v) is 2.20. The van der Waals surface area contributed by atoms with Gasteiger partial charge in [-0.3, -0.25) is 9.59 Å². The summed E-state index contributed by atoms with van der Waals surface area (Å²) in [7, 11) is 0. The van der Waals surface area contributed by atoms with Crippen LogP contribution in [0.1, 0.15) is 30.3 Å². The van der Waals surface area contributed by atoms with Gasteiger partial charge in [-0.2, -0.15) is 0 Å². The number of anilines is 1. The van der Waals surface area contributed by atoms with E-state index in [2.05, 4.69) is 20.9 Å². The Kier molecular flexibility index (Phi) is 4.79. The van der Waals surface area contributed by atoms with Gasteiger partial charge in [-0.1, -0.05) is 11.6 Å². The van der Waals surface area contributed by atoms with Crippen molar-refractivity contribution in [3.8, 4) is 0 Å². The van der Waals surface area contributed by atoms with E-state index >= 15 is 0 Å². The molecule has 0 bridgehead atoms. The number of rotatable bonds is 5. The molecular formula is C13H17ClN4O2. The van der Waals surface area contributed by atoms with Crippen LogP contribution in [-0.2, 0) is 4.79 Å². The number of nitrogens with one attached hydrogen (secondary N) is 3. The molecule has 7 heteroatoms. The second-order valence-electron chi connectivity index (χ2n) is 4.57. The number of aromatic nitrogens is 1. The van der Waals surface area contributed by atoms with E-state index in [9.17, 15) is 9.59 Å². The third-order valence-corrected chi connectivity index (χ3v) is 3.32. The van der Waals surface area contributed by atoms with Gasteiger partial charge in [0.25, 0.3) is 5.91 Å². The molecular weight excluding hydrogens is 280 g/mol. The van der Waals surface area contributed by atoms with E-state index in [1.807, 2.05) is 6.92 Å². The molecule has 1 aliphatic rings. The zero-order valence-electron chi connectivity index (χ0n) is 11.2. The second-order valence-corrected chi connectivity index (χ2v) is 4.98. The SMILES string of the molecule is CCNc1ccc(Cl)c(C(=O)NCC2CCC(=O)N2)n1. The molecule has 1 atom stereocenters. The Balaban J connectivity index is 1.97. The summed E-state index contributed by atoms with van der Waals surface area (Å²) in [6.07, 6.45) is 1.24. The summed E-state index contributed by atoms with van der Waals surface area (Å²) in [5.41, 5.74) is 0.189. The lowest BCUT2D eigenvalue weighted by Gasteiger charge is -2.12. The first kappa shape index (κ1) is 14.6. The molecule has 20 heavy (non-hydrogen) atoms. The Morgan fingerprint density at radius 1 is 1.55 bits per heavy atom. The summed E-state index contributed by atoms with van der Waals surface area (Å²) in [6, 6.07) is 3.35. The highest BCUT2D eigenvalue weighted by molar-refractivity contribution is 6.33. The molecule has 0 aromatic carbocycles. The quantitative estimate of drug-likeness (QED) is 0.762. The highest BCUT2D eigenvalue weighted by Gasteiger charge is 2.22. The van der Waals surface area contributed by atoms with Crippen molar-refractivity contribution >= 4 is 29.2 Å². The van der Waals surface area contributed by atoms with Crippen LogP contribution in [-0.4, -0.2) is 35.9 Å². The molecule has 2 amide bonds. The number of halogens is 1. The monoisotopic (exact) mass is 296 g/mol. The number of carbonyl (C=O) groups is 2. The van der Waals surface area contributed by atoms with Gasteiger partial charge >= 0.3 is 0 Å². The van der Waals surface area contributed by atoms with Crippen LogP contribution >= 0.6 is 11.6 Å². The largest absolute Gasteiger partial charge is 0.370 e. The summed E-state index contributed by atoms with van der Waals surface area (Å²) < 4.78 is 0. The normalized spacial score (nSPS) is 17.7. The number of amides is 2. The first-order chi connectivity index (χ1) is 9.60. The third-order valence-electron chi connectivity index (χ3n) is 3.01. The molecule has 2 heterocycles. The van der Waals surface area contributed by atoms with Gasteiger partial charge < -0.3 is 16.0 Å². The van der Waals surface area contributed by atoms with Crippen molar-refractivity contribution in [3.63, 3.8) is 0 Å². The van der Waals surface area contributed by atoms with Crippen LogP contribution in [0.15, 0.2) is 12.1 Å². The molecule has 1 saturated heterocycles. The van der Waals surface area contributed by atoms with Crippen molar-refractivity contribution < 1.29 is 9.59 Å². The maximum atomic E-state index is 12.1. The summed E-state index contributed by atoms with van der Waals surface area (Å²) in [4.78, 5) is 27.3. The zero-order valence-corrected chi connectivity index (χ0v) is 12.0. The van der Waals surface area contributed by atoms with E-state index in [1.165, 1.54) is 0 Å². The van der Waals surface area contributed by atoms with Crippen LogP contribution in [0.5, 0.6) is 0 Å². The van der Waals surface area contributed by atoms with E-state index in [0.717, 1.165) is 6.42 Å². The van der Waals surface area contributed by atoms with Crippen molar-refractivity contribution in [2.45, 2.75) is 25.8 Å². The van der Waals surface area contributed by atoms with Crippen molar-refractivity contribution in [2.75, 3.05) is 18.4 Å². The van der Waals surface area contributed by atoms with Gasteiger partial charge in [0.15, 0.2) is 0 Å². The van der Waals surface area contributed by atoms with Gasteiger partial charge in [-0.25, -0.2) is 4.98 Å². The van der Waals surface area contributed by atoms with E-state index in [1.54, 1.807) is 12.1 Å². The van der Waals surface area contributed by atoms with E-state index < -0.39 is 0 Å². The summed E-state index contributed by atoms with van der Waals surface area (Å²) >= 11 is 5.99. The standard InChI is InChI=1S/C13H17ClN4O2/c1-2-15-10-5-4-9(14)12(18-10)13(20)16-7-8-3-6-11(19)17-8/h4-5,8H,2-3,6-7H2,1H3,(H,15,18)(H,16,20)(H,17,19). The predicted octanol–water partition coefficient (Wildman–Crippen LogP) is 1.18. The van der Waals surface area contributed by atoms with Gasteiger partial charge in [-0.15, -0.1) is 0 Å². The van der Waals surface area contributed by atoms with E-state index in [0.29, 0.717) is 30.4 Å². The topological polar surface area (TPSA) is 83.1 Å². The highest BCUT2D eigenvalue weighted by atomic mass is 35.5. The average molecular weight is 297 g/mol. The summed E-state index contributed by atoms with van der Waals surface area (Å²) in [6.45, 7) is 3.04. The Morgan fingerprint density at radius 2 is 2.35 bits per heavy atom. The Labute approximate surface area is 122 Å². The van der Waals surface area contributed by atoms with Crippen molar-refractivity contribution in [2.24, 2.45) is 0 Å². The van der Waals surface area contributed by atoms with E-state index in [4.69, 9.17) is 11.6 Å². The Morgan fingerprint density at radius 3 is 3.00 bits per heavy atom. The van der Waals surface area contributed by atoms with Crippen LogP contribution in [0.25, 0.3) is 0 Å². The molecule has 3 N–H and O–H groups in total. The number of pyridine rings is 1. The van der Waals surface area contributed by atoms with Gasteiger partial charge in [0.05, 0.1) is 5.02 Å². The van der Waals surface area contributed by atoms with Gasteiger partial charge in [-0.05, 0) is 25.5 Å². The number of hydrogen-bond acceptors (Lipinski definition) is 4. The Hall–Kier alpha value is -1.82. The molecule has 1 unspecified atom stereocenters. The first-order valence-electron chi connectivity index (χ1n) is 6.58. The lowest BCUT2D eigenvalue weighted by Crippen LogP contribution is -2.38. The highest BCUT2D eigenvalue weighted by Crippen LogP contribution is 2.16. The minimum absolute atomic E-state index is 0.0119. The molecule has 0 saturated carbocycles. The van der Waals surface area contributed by atoms with Crippen LogP contribution in [0.4, 0.5) is 5.82 Å². The van der Waals surface area contributed by atoms with Crippen molar-refractivity contribution in [1.29, 1.82) is 0 Å². The maximum Gasteiger partial charge on any atom is 0.271 e. The van der Waals surface area contributed by atoms with Gasteiger partial charge in [0.2, 0.25) is 5.91 Å². The van der Waals surface area contributed by atoms with Gasteiger partial charge in [0.1, 0.15) is 11.5 Å².